The SMILES string of the molecule is COc1ccc(C)cc1-n1nnc(Sc2ccc(C(C)(C)C)cc2)c1C#N. The molecule has 0 fully saturated rings. The first-order valence-electron chi connectivity index (χ1n) is 8.62. The van der Waals surface area contributed by atoms with Crippen LogP contribution in [0.25, 0.3) is 5.69 Å². The monoisotopic (exact) mass is 378 g/mol. The van der Waals surface area contributed by atoms with E-state index in [1.165, 1.54) is 22.0 Å². The Bertz CT molecular complexity index is 995. The van der Waals surface area contributed by atoms with Gasteiger partial charge in [0.1, 0.15) is 17.5 Å². The maximum Gasteiger partial charge on any atom is 0.179 e. The Hall–Kier alpha value is -2.78. The zero-order valence-corrected chi connectivity index (χ0v) is 17.0. The number of hydrogen-bond acceptors (Lipinski definition) is 5. The number of methoxy groups -OCH3 is 1. The summed E-state index contributed by atoms with van der Waals surface area (Å²) in [6.45, 7) is 8.54. The lowest BCUT2D eigenvalue weighted by molar-refractivity contribution is 0.411. The molecule has 0 unspecified atom stereocenters. The summed E-state index contributed by atoms with van der Waals surface area (Å²) in [5.74, 6) is 0.646. The maximum absolute atomic E-state index is 9.71. The average Bonchev–Trinajstić information content (AvgIpc) is 3.03. The molecule has 0 radical (unpaired) electrons. The van der Waals surface area contributed by atoms with Gasteiger partial charge in [-0.3, -0.25) is 0 Å². The normalized spacial score (nSPS) is 11.3. The fraction of sp³-hybridized carbons (Fsp3) is 0.286. The van der Waals surface area contributed by atoms with Crippen molar-refractivity contribution < 1.29 is 4.74 Å². The highest BCUT2D eigenvalue weighted by Gasteiger charge is 2.19. The Morgan fingerprint density at radius 2 is 1.81 bits per heavy atom. The van der Waals surface area contributed by atoms with Gasteiger partial charge in [-0.05, 0) is 47.7 Å². The lowest BCUT2D eigenvalue weighted by Crippen LogP contribution is -2.10. The molecular formula is C21H22N4OS. The molecule has 138 valence electrons. The van der Waals surface area contributed by atoms with Gasteiger partial charge in [0.25, 0.3) is 0 Å². The van der Waals surface area contributed by atoms with Crippen LogP contribution in [0.2, 0.25) is 0 Å². The van der Waals surface area contributed by atoms with E-state index >= 15 is 0 Å². The van der Waals surface area contributed by atoms with Gasteiger partial charge < -0.3 is 4.74 Å². The van der Waals surface area contributed by atoms with E-state index in [1.807, 2.05) is 25.1 Å². The van der Waals surface area contributed by atoms with Gasteiger partial charge in [0, 0.05) is 4.90 Å². The topological polar surface area (TPSA) is 63.7 Å². The molecule has 27 heavy (non-hydrogen) atoms. The molecule has 1 heterocycles. The second kappa shape index (κ2) is 7.45. The van der Waals surface area contributed by atoms with Crippen molar-refractivity contribution in [1.82, 2.24) is 15.0 Å². The van der Waals surface area contributed by atoms with Crippen molar-refractivity contribution >= 4 is 11.8 Å². The molecule has 0 amide bonds. The number of ether oxygens (including phenoxy) is 1. The first kappa shape index (κ1) is 19.0. The first-order chi connectivity index (χ1) is 12.8. The lowest BCUT2D eigenvalue weighted by Gasteiger charge is -2.18. The molecule has 3 aromatic rings. The predicted molar refractivity (Wildman–Crippen MR) is 107 cm³/mol. The molecule has 3 rings (SSSR count). The van der Waals surface area contributed by atoms with E-state index < -0.39 is 0 Å². The summed E-state index contributed by atoms with van der Waals surface area (Å²) in [6.07, 6.45) is 0. The zero-order chi connectivity index (χ0) is 19.6. The lowest BCUT2D eigenvalue weighted by atomic mass is 9.87. The quantitative estimate of drug-likeness (QED) is 0.646. The fourth-order valence-corrected chi connectivity index (χ4v) is 3.50. The highest BCUT2D eigenvalue weighted by atomic mass is 32.2. The van der Waals surface area contributed by atoms with Crippen molar-refractivity contribution in [2.75, 3.05) is 7.11 Å². The van der Waals surface area contributed by atoms with Gasteiger partial charge in [-0.1, -0.05) is 55.9 Å². The summed E-state index contributed by atoms with van der Waals surface area (Å²) in [7, 11) is 1.60. The van der Waals surface area contributed by atoms with Crippen LogP contribution in [-0.2, 0) is 5.41 Å². The van der Waals surface area contributed by atoms with Crippen LogP contribution in [0.15, 0.2) is 52.4 Å². The molecule has 5 nitrogen and oxygen atoms in total. The number of hydrogen-bond donors (Lipinski definition) is 0. The van der Waals surface area contributed by atoms with Crippen LogP contribution in [-0.4, -0.2) is 22.1 Å². The van der Waals surface area contributed by atoms with Crippen molar-refractivity contribution in [3.63, 3.8) is 0 Å². The number of nitriles is 1. The molecule has 0 atom stereocenters. The summed E-state index contributed by atoms with van der Waals surface area (Å²) < 4.78 is 6.96. The standard InChI is InChI=1S/C21H22N4OS/c1-14-6-11-19(26-5)17(12-14)25-18(13-22)20(23-24-25)27-16-9-7-15(8-10-16)21(2,3)4/h6-12H,1-5H3. The average molecular weight is 379 g/mol. The maximum atomic E-state index is 9.71. The molecule has 0 aliphatic carbocycles. The molecule has 2 aromatic carbocycles. The van der Waals surface area contributed by atoms with Crippen LogP contribution < -0.4 is 4.74 Å². The zero-order valence-electron chi connectivity index (χ0n) is 16.1. The highest BCUT2D eigenvalue weighted by Crippen LogP contribution is 2.33. The van der Waals surface area contributed by atoms with E-state index in [4.69, 9.17) is 4.74 Å². The molecule has 0 saturated carbocycles. The molecule has 0 spiro atoms. The molecule has 0 N–H and O–H groups in total. The van der Waals surface area contributed by atoms with Crippen LogP contribution in [0.1, 0.15) is 37.6 Å². The largest absolute Gasteiger partial charge is 0.494 e. The van der Waals surface area contributed by atoms with Gasteiger partial charge in [-0.25, -0.2) is 0 Å². The minimum atomic E-state index is 0.103. The summed E-state index contributed by atoms with van der Waals surface area (Å²) in [4.78, 5) is 1.02. The van der Waals surface area contributed by atoms with Gasteiger partial charge in [-0.15, -0.1) is 5.10 Å². The third-order valence-electron chi connectivity index (χ3n) is 4.24. The van der Waals surface area contributed by atoms with Crippen molar-refractivity contribution in [3.8, 4) is 17.5 Å². The second-order valence-corrected chi connectivity index (χ2v) is 8.38. The smallest absolute Gasteiger partial charge is 0.179 e. The fourth-order valence-electron chi connectivity index (χ4n) is 2.70. The summed E-state index contributed by atoms with van der Waals surface area (Å²) in [5.41, 5.74) is 3.52. The van der Waals surface area contributed by atoms with Crippen molar-refractivity contribution in [1.29, 1.82) is 5.26 Å². The van der Waals surface area contributed by atoms with Crippen LogP contribution in [0, 0.1) is 18.3 Å². The summed E-state index contributed by atoms with van der Waals surface area (Å²) >= 11 is 1.43. The Balaban J connectivity index is 1.96. The Labute approximate surface area is 164 Å². The third kappa shape index (κ3) is 3.99. The Morgan fingerprint density at radius 3 is 2.41 bits per heavy atom. The molecule has 0 bridgehead atoms. The van der Waals surface area contributed by atoms with E-state index in [2.05, 4.69) is 61.4 Å². The van der Waals surface area contributed by atoms with Crippen LogP contribution in [0.4, 0.5) is 0 Å². The van der Waals surface area contributed by atoms with Crippen LogP contribution in [0.5, 0.6) is 5.75 Å². The predicted octanol–water partition coefficient (Wildman–Crippen LogP) is 4.90. The Morgan fingerprint density at radius 1 is 1.11 bits per heavy atom. The van der Waals surface area contributed by atoms with Crippen LogP contribution in [0.3, 0.4) is 0 Å². The van der Waals surface area contributed by atoms with E-state index in [-0.39, 0.29) is 5.41 Å². The number of aromatic nitrogens is 3. The molecule has 0 aliphatic heterocycles. The molecular weight excluding hydrogens is 356 g/mol. The second-order valence-electron chi connectivity index (χ2n) is 7.32. The van der Waals surface area contributed by atoms with Gasteiger partial charge in [-0.2, -0.15) is 9.94 Å². The molecule has 0 aliphatic rings. The number of aryl methyl sites for hydroxylation is 1. The van der Waals surface area contributed by atoms with E-state index in [1.54, 1.807) is 7.11 Å². The van der Waals surface area contributed by atoms with Crippen molar-refractivity contribution in [3.05, 3.63) is 59.3 Å². The summed E-state index contributed by atoms with van der Waals surface area (Å²) in [5, 5.41) is 18.7. The Kier molecular flexibility index (Phi) is 5.24. The van der Waals surface area contributed by atoms with Gasteiger partial charge in [0.05, 0.1) is 7.11 Å². The highest BCUT2D eigenvalue weighted by molar-refractivity contribution is 7.99. The van der Waals surface area contributed by atoms with Gasteiger partial charge >= 0.3 is 0 Å². The third-order valence-corrected chi connectivity index (χ3v) is 5.22. The number of benzene rings is 2. The molecule has 1 aromatic heterocycles. The van der Waals surface area contributed by atoms with E-state index in [9.17, 15) is 5.26 Å². The number of nitrogens with zero attached hydrogens (tertiary/aromatic N) is 4. The summed E-state index contributed by atoms with van der Waals surface area (Å²) in [6, 6.07) is 16.3. The first-order valence-corrected chi connectivity index (χ1v) is 9.44. The molecule has 0 saturated heterocycles. The number of rotatable bonds is 4. The van der Waals surface area contributed by atoms with Crippen molar-refractivity contribution in [2.24, 2.45) is 0 Å². The minimum absolute atomic E-state index is 0.103. The van der Waals surface area contributed by atoms with Gasteiger partial charge in [0.15, 0.2) is 10.7 Å². The van der Waals surface area contributed by atoms with Crippen LogP contribution >= 0.6 is 11.8 Å². The van der Waals surface area contributed by atoms with Gasteiger partial charge in [0.2, 0.25) is 0 Å². The van der Waals surface area contributed by atoms with E-state index in [0.29, 0.717) is 22.2 Å². The van der Waals surface area contributed by atoms with E-state index in [0.717, 1.165) is 10.5 Å². The van der Waals surface area contributed by atoms with Crippen molar-refractivity contribution in [2.45, 2.75) is 43.0 Å². The minimum Gasteiger partial charge on any atom is -0.494 e. The molecule has 6 heteroatoms.